The van der Waals surface area contributed by atoms with E-state index in [9.17, 15) is 0 Å². The number of hydrogen-bond acceptors (Lipinski definition) is 1. The van der Waals surface area contributed by atoms with Crippen LogP contribution in [-0.4, -0.2) is 11.7 Å². The molecule has 0 bridgehead atoms. The molecule has 0 aliphatic carbocycles. The first-order valence-corrected chi connectivity index (χ1v) is 6.46. The molecule has 0 atom stereocenters. The number of aryl methyl sites for hydroxylation is 1. The van der Waals surface area contributed by atoms with Gasteiger partial charge in [0.15, 0.2) is 0 Å². The highest BCUT2D eigenvalue weighted by Gasteiger charge is 2.06. The first-order chi connectivity index (χ1) is 9.29. The zero-order chi connectivity index (χ0) is 13.2. The summed E-state index contributed by atoms with van der Waals surface area (Å²) in [7, 11) is 1.72. The van der Waals surface area contributed by atoms with E-state index >= 15 is 0 Å². The summed E-state index contributed by atoms with van der Waals surface area (Å²) in [5.74, 6) is 0.942. The lowest BCUT2D eigenvalue weighted by Crippen LogP contribution is -2.00. The Morgan fingerprint density at radius 3 is 2.68 bits per heavy atom. The van der Waals surface area contributed by atoms with Crippen LogP contribution in [0.1, 0.15) is 11.1 Å². The molecular weight excluding hydrogens is 234 g/mol. The van der Waals surface area contributed by atoms with Crippen LogP contribution in [0.5, 0.6) is 5.75 Å². The molecule has 0 saturated heterocycles. The van der Waals surface area contributed by atoms with Crippen molar-refractivity contribution >= 4 is 10.9 Å². The molecule has 0 saturated carbocycles. The third kappa shape index (κ3) is 2.10. The zero-order valence-corrected chi connectivity index (χ0v) is 11.3. The van der Waals surface area contributed by atoms with Crippen LogP contribution in [0, 0.1) is 6.92 Å². The molecule has 0 aliphatic rings. The Balaban J connectivity index is 2.04. The van der Waals surface area contributed by atoms with Crippen LogP contribution in [0.4, 0.5) is 0 Å². The first-order valence-electron chi connectivity index (χ1n) is 6.46. The van der Waals surface area contributed by atoms with E-state index in [2.05, 4.69) is 54.1 Å². The highest BCUT2D eigenvalue weighted by Crippen LogP contribution is 2.23. The largest absolute Gasteiger partial charge is 0.496 e. The van der Waals surface area contributed by atoms with E-state index in [1.807, 2.05) is 12.1 Å². The molecule has 3 rings (SSSR count). The maximum absolute atomic E-state index is 5.42. The van der Waals surface area contributed by atoms with Gasteiger partial charge < -0.3 is 9.30 Å². The van der Waals surface area contributed by atoms with E-state index in [1.165, 1.54) is 22.0 Å². The number of aromatic nitrogens is 1. The second-order valence-electron chi connectivity index (χ2n) is 4.76. The van der Waals surface area contributed by atoms with Crippen LogP contribution in [0.3, 0.4) is 0 Å². The summed E-state index contributed by atoms with van der Waals surface area (Å²) in [6.07, 6.45) is 2.14. The highest BCUT2D eigenvalue weighted by atomic mass is 16.5. The van der Waals surface area contributed by atoms with Gasteiger partial charge in [0.05, 0.1) is 13.7 Å². The lowest BCUT2D eigenvalue weighted by molar-refractivity contribution is 0.408. The molecule has 0 unspecified atom stereocenters. The van der Waals surface area contributed by atoms with Gasteiger partial charge in [-0.2, -0.15) is 0 Å². The van der Waals surface area contributed by atoms with Crippen LogP contribution in [0.25, 0.3) is 10.9 Å². The second kappa shape index (κ2) is 4.81. The minimum Gasteiger partial charge on any atom is -0.496 e. The van der Waals surface area contributed by atoms with Crippen LogP contribution < -0.4 is 4.74 Å². The summed E-state index contributed by atoms with van der Waals surface area (Å²) in [5.41, 5.74) is 3.78. The van der Waals surface area contributed by atoms with Crippen LogP contribution in [-0.2, 0) is 6.54 Å². The van der Waals surface area contributed by atoms with Gasteiger partial charge in [-0.05, 0) is 30.7 Å². The number of nitrogens with zero attached hydrogens (tertiary/aromatic N) is 1. The summed E-state index contributed by atoms with van der Waals surface area (Å²) in [6.45, 7) is 2.98. The molecule has 2 aromatic carbocycles. The minimum absolute atomic E-state index is 0.830. The number of hydrogen-bond donors (Lipinski definition) is 0. The normalized spacial score (nSPS) is 10.8. The molecule has 1 aromatic heterocycles. The molecule has 96 valence electrons. The van der Waals surface area contributed by atoms with Crippen molar-refractivity contribution in [2.24, 2.45) is 0 Å². The van der Waals surface area contributed by atoms with Crippen molar-refractivity contribution in [3.63, 3.8) is 0 Å². The molecule has 0 amide bonds. The lowest BCUT2D eigenvalue weighted by Gasteiger charge is -2.10. The summed E-state index contributed by atoms with van der Waals surface area (Å²) >= 11 is 0. The Morgan fingerprint density at radius 1 is 1.00 bits per heavy atom. The SMILES string of the molecule is COc1ccccc1Cn1ccc2c(C)cccc21. The summed E-state index contributed by atoms with van der Waals surface area (Å²) in [5, 5.41) is 1.32. The number of benzene rings is 2. The molecule has 0 fully saturated rings. The van der Waals surface area contributed by atoms with E-state index in [0.29, 0.717) is 0 Å². The summed E-state index contributed by atoms with van der Waals surface area (Å²) < 4.78 is 7.68. The van der Waals surface area contributed by atoms with Crippen molar-refractivity contribution in [3.8, 4) is 5.75 Å². The van der Waals surface area contributed by atoms with Gasteiger partial charge in [-0.15, -0.1) is 0 Å². The molecule has 0 aliphatic heterocycles. The molecule has 2 heteroatoms. The Kier molecular flexibility index (Phi) is 3.00. The fourth-order valence-corrected chi connectivity index (χ4v) is 2.53. The Labute approximate surface area is 113 Å². The van der Waals surface area contributed by atoms with Gasteiger partial charge in [-0.3, -0.25) is 0 Å². The van der Waals surface area contributed by atoms with Crippen LogP contribution in [0.2, 0.25) is 0 Å². The van der Waals surface area contributed by atoms with Gasteiger partial charge >= 0.3 is 0 Å². The van der Waals surface area contributed by atoms with Crippen molar-refractivity contribution in [1.29, 1.82) is 0 Å². The van der Waals surface area contributed by atoms with Gasteiger partial charge in [0, 0.05) is 22.7 Å². The predicted octanol–water partition coefficient (Wildman–Crippen LogP) is 4.01. The average molecular weight is 251 g/mol. The van der Waals surface area contributed by atoms with Crippen molar-refractivity contribution in [2.75, 3.05) is 7.11 Å². The molecule has 2 nitrogen and oxygen atoms in total. The smallest absolute Gasteiger partial charge is 0.123 e. The lowest BCUT2D eigenvalue weighted by atomic mass is 10.1. The molecular formula is C17H17NO. The fourth-order valence-electron chi connectivity index (χ4n) is 2.53. The topological polar surface area (TPSA) is 14.2 Å². The quantitative estimate of drug-likeness (QED) is 0.686. The number of methoxy groups -OCH3 is 1. The fraction of sp³-hybridized carbons (Fsp3) is 0.176. The molecule has 1 heterocycles. The molecule has 3 aromatic rings. The molecule has 0 spiro atoms. The Hall–Kier alpha value is -2.22. The summed E-state index contributed by atoms with van der Waals surface area (Å²) in [6, 6.07) is 16.8. The van der Waals surface area contributed by atoms with E-state index in [4.69, 9.17) is 4.74 Å². The minimum atomic E-state index is 0.830. The summed E-state index contributed by atoms with van der Waals surface area (Å²) in [4.78, 5) is 0. The maximum atomic E-state index is 5.42. The third-order valence-corrected chi connectivity index (χ3v) is 3.56. The van der Waals surface area contributed by atoms with E-state index < -0.39 is 0 Å². The van der Waals surface area contributed by atoms with Crippen molar-refractivity contribution in [3.05, 3.63) is 65.9 Å². The van der Waals surface area contributed by atoms with E-state index in [1.54, 1.807) is 7.11 Å². The molecule has 0 N–H and O–H groups in total. The number of rotatable bonds is 3. The highest BCUT2D eigenvalue weighted by molar-refractivity contribution is 5.83. The standard InChI is InChI=1S/C17H17NO/c1-13-6-5-8-16-15(13)10-11-18(16)12-14-7-3-4-9-17(14)19-2/h3-11H,12H2,1-2H3. The van der Waals surface area contributed by atoms with Gasteiger partial charge in [0.2, 0.25) is 0 Å². The van der Waals surface area contributed by atoms with Gasteiger partial charge in [0.25, 0.3) is 0 Å². The second-order valence-corrected chi connectivity index (χ2v) is 4.76. The first kappa shape index (κ1) is 11.8. The third-order valence-electron chi connectivity index (χ3n) is 3.56. The Bertz CT molecular complexity index is 712. The number of para-hydroxylation sites is 1. The van der Waals surface area contributed by atoms with Gasteiger partial charge in [-0.1, -0.05) is 30.3 Å². The van der Waals surface area contributed by atoms with Gasteiger partial charge in [0.1, 0.15) is 5.75 Å². The Morgan fingerprint density at radius 2 is 1.84 bits per heavy atom. The van der Waals surface area contributed by atoms with Crippen molar-refractivity contribution < 1.29 is 4.74 Å². The number of fused-ring (bicyclic) bond motifs is 1. The monoisotopic (exact) mass is 251 g/mol. The number of ether oxygens (including phenoxy) is 1. The van der Waals surface area contributed by atoms with Crippen LogP contribution in [0.15, 0.2) is 54.7 Å². The van der Waals surface area contributed by atoms with Gasteiger partial charge in [-0.25, -0.2) is 0 Å². The van der Waals surface area contributed by atoms with Crippen molar-refractivity contribution in [1.82, 2.24) is 4.57 Å². The molecule has 19 heavy (non-hydrogen) atoms. The molecule has 0 radical (unpaired) electrons. The van der Waals surface area contributed by atoms with E-state index in [-0.39, 0.29) is 0 Å². The van der Waals surface area contributed by atoms with Crippen molar-refractivity contribution in [2.45, 2.75) is 13.5 Å². The van der Waals surface area contributed by atoms with E-state index in [0.717, 1.165) is 12.3 Å². The predicted molar refractivity (Wildman–Crippen MR) is 78.8 cm³/mol. The van der Waals surface area contributed by atoms with Crippen LogP contribution >= 0.6 is 0 Å². The zero-order valence-electron chi connectivity index (χ0n) is 11.3. The average Bonchev–Trinajstić information content (AvgIpc) is 2.84. The maximum Gasteiger partial charge on any atom is 0.123 e.